The molecule has 5 heteroatoms. The zero-order chi connectivity index (χ0) is 17.8. The zero-order valence-electron chi connectivity index (χ0n) is 14.8. The maximum Gasteiger partial charge on any atom is 0.227 e. The molecule has 0 aliphatic heterocycles. The lowest BCUT2D eigenvalue weighted by molar-refractivity contribution is -0.131. The van der Waals surface area contributed by atoms with Gasteiger partial charge >= 0.3 is 0 Å². The molecule has 0 aliphatic carbocycles. The predicted octanol–water partition coefficient (Wildman–Crippen LogP) is 3.34. The van der Waals surface area contributed by atoms with Crippen LogP contribution in [0.2, 0.25) is 0 Å². The summed E-state index contributed by atoms with van der Waals surface area (Å²) >= 11 is 0. The number of benzene rings is 2. The Morgan fingerprint density at radius 3 is 2.52 bits per heavy atom. The van der Waals surface area contributed by atoms with Crippen LogP contribution in [0.5, 0.6) is 0 Å². The Balaban J connectivity index is 1.70. The van der Waals surface area contributed by atoms with E-state index in [0.717, 1.165) is 22.4 Å². The van der Waals surface area contributed by atoms with E-state index in [2.05, 4.69) is 10.1 Å². The number of aromatic nitrogens is 3. The monoisotopic (exact) mass is 334 g/mol. The molecule has 1 heterocycles. The molecule has 5 nitrogen and oxygen atoms in total. The minimum Gasteiger partial charge on any atom is -0.339 e. The molecule has 0 fully saturated rings. The van der Waals surface area contributed by atoms with Crippen LogP contribution < -0.4 is 0 Å². The predicted molar refractivity (Wildman–Crippen MR) is 97.4 cm³/mol. The van der Waals surface area contributed by atoms with Crippen molar-refractivity contribution in [2.75, 3.05) is 7.05 Å². The van der Waals surface area contributed by atoms with E-state index in [1.165, 1.54) is 6.33 Å². The molecule has 0 saturated carbocycles. The molecular weight excluding hydrogens is 312 g/mol. The number of aryl methyl sites for hydroxylation is 1. The van der Waals surface area contributed by atoms with Gasteiger partial charge in [-0.3, -0.25) is 4.79 Å². The van der Waals surface area contributed by atoms with Gasteiger partial charge in [0.1, 0.15) is 12.7 Å². The van der Waals surface area contributed by atoms with Gasteiger partial charge in [0.25, 0.3) is 0 Å². The summed E-state index contributed by atoms with van der Waals surface area (Å²) in [6.07, 6.45) is 3.59. The molecule has 0 N–H and O–H groups in total. The molecule has 1 atom stereocenters. The second-order valence-corrected chi connectivity index (χ2v) is 6.22. The normalized spacial score (nSPS) is 12.0. The van der Waals surface area contributed by atoms with Gasteiger partial charge in [-0.2, -0.15) is 5.10 Å². The summed E-state index contributed by atoms with van der Waals surface area (Å²) < 4.78 is 1.71. The number of carbonyl (C=O) groups is 1. The number of amides is 1. The van der Waals surface area contributed by atoms with Crippen molar-refractivity contribution in [3.8, 4) is 5.69 Å². The van der Waals surface area contributed by atoms with Gasteiger partial charge < -0.3 is 4.90 Å². The largest absolute Gasteiger partial charge is 0.339 e. The van der Waals surface area contributed by atoms with Gasteiger partial charge in [0.05, 0.1) is 18.2 Å². The Morgan fingerprint density at radius 2 is 1.88 bits per heavy atom. The van der Waals surface area contributed by atoms with Gasteiger partial charge in [0, 0.05) is 7.05 Å². The number of carbonyl (C=O) groups excluding carboxylic acids is 1. The SMILES string of the molecule is Cc1ccccc1CC(=O)N(C)[C@@H](C)c1ccc(-n2cncn2)cc1. The first-order valence-corrected chi connectivity index (χ1v) is 8.31. The zero-order valence-corrected chi connectivity index (χ0v) is 14.8. The van der Waals surface area contributed by atoms with Crippen molar-refractivity contribution in [2.24, 2.45) is 0 Å². The maximum absolute atomic E-state index is 12.6. The summed E-state index contributed by atoms with van der Waals surface area (Å²) in [6, 6.07) is 16.0. The Kier molecular flexibility index (Phi) is 4.93. The second kappa shape index (κ2) is 7.30. The van der Waals surface area contributed by atoms with Gasteiger partial charge in [-0.05, 0) is 42.7 Å². The molecule has 3 rings (SSSR count). The molecule has 128 valence electrons. The molecule has 2 aromatic carbocycles. The van der Waals surface area contributed by atoms with E-state index in [0.29, 0.717) is 6.42 Å². The summed E-state index contributed by atoms with van der Waals surface area (Å²) in [6.45, 7) is 4.08. The smallest absolute Gasteiger partial charge is 0.227 e. The molecule has 0 aliphatic rings. The average Bonchev–Trinajstić information content (AvgIpc) is 3.17. The van der Waals surface area contributed by atoms with Crippen LogP contribution in [0.15, 0.2) is 61.2 Å². The van der Waals surface area contributed by atoms with Crippen molar-refractivity contribution in [1.29, 1.82) is 0 Å². The topological polar surface area (TPSA) is 51.0 Å². The highest BCUT2D eigenvalue weighted by Gasteiger charge is 2.18. The molecule has 0 radical (unpaired) electrons. The lowest BCUT2D eigenvalue weighted by atomic mass is 10.0. The van der Waals surface area contributed by atoms with Crippen LogP contribution in [0, 0.1) is 6.92 Å². The van der Waals surface area contributed by atoms with Crippen LogP contribution in [0.25, 0.3) is 5.69 Å². The van der Waals surface area contributed by atoms with E-state index in [1.807, 2.05) is 69.4 Å². The Bertz CT molecular complexity index is 840. The molecule has 0 spiro atoms. The number of likely N-dealkylation sites (N-methyl/N-ethyl adjacent to an activating group) is 1. The first kappa shape index (κ1) is 16.9. The number of hydrogen-bond acceptors (Lipinski definition) is 3. The van der Waals surface area contributed by atoms with Crippen molar-refractivity contribution in [3.63, 3.8) is 0 Å². The first-order chi connectivity index (χ1) is 12.1. The summed E-state index contributed by atoms with van der Waals surface area (Å²) in [5, 5.41) is 4.12. The Hall–Kier alpha value is -2.95. The highest BCUT2D eigenvalue weighted by atomic mass is 16.2. The average molecular weight is 334 g/mol. The molecule has 0 saturated heterocycles. The fourth-order valence-corrected chi connectivity index (χ4v) is 2.78. The van der Waals surface area contributed by atoms with Crippen molar-refractivity contribution in [3.05, 3.63) is 77.9 Å². The molecule has 0 unspecified atom stereocenters. The van der Waals surface area contributed by atoms with Crippen molar-refractivity contribution in [2.45, 2.75) is 26.3 Å². The highest BCUT2D eigenvalue weighted by molar-refractivity contribution is 5.79. The lowest BCUT2D eigenvalue weighted by Gasteiger charge is -2.26. The highest BCUT2D eigenvalue weighted by Crippen LogP contribution is 2.21. The van der Waals surface area contributed by atoms with E-state index < -0.39 is 0 Å². The van der Waals surface area contributed by atoms with Crippen LogP contribution in [0.1, 0.15) is 29.7 Å². The summed E-state index contributed by atoms with van der Waals surface area (Å²) in [5.74, 6) is 0.113. The van der Waals surface area contributed by atoms with Gasteiger partial charge in [-0.15, -0.1) is 0 Å². The minimum atomic E-state index is 0.00122. The van der Waals surface area contributed by atoms with Gasteiger partial charge in [-0.25, -0.2) is 9.67 Å². The Labute approximate surface area is 147 Å². The van der Waals surface area contributed by atoms with Crippen LogP contribution in [0.4, 0.5) is 0 Å². The quantitative estimate of drug-likeness (QED) is 0.719. The summed E-state index contributed by atoms with van der Waals surface area (Å²) in [7, 11) is 1.86. The second-order valence-electron chi connectivity index (χ2n) is 6.22. The molecule has 0 bridgehead atoms. The van der Waals surface area contributed by atoms with E-state index >= 15 is 0 Å². The van der Waals surface area contributed by atoms with Gasteiger partial charge in [-0.1, -0.05) is 36.4 Å². The fourth-order valence-electron chi connectivity index (χ4n) is 2.78. The number of nitrogens with zero attached hydrogens (tertiary/aromatic N) is 4. The summed E-state index contributed by atoms with van der Waals surface area (Å²) in [4.78, 5) is 18.4. The van der Waals surface area contributed by atoms with E-state index in [-0.39, 0.29) is 11.9 Å². The van der Waals surface area contributed by atoms with Crippen molar-refractivity contribution < 1.29 is 4.79 Å². The molecule has 1 amide bonds. The van der Waals surface area contributed by atoms with Crippen LogP contribution >= 0.6 is 0 Å². The van der Waals surface area contributed by atoms with Crippen LogP contribution in [-0.2, 0) is 11.2 Å². The van der Waals surface area contributed by atoms with Crippen LogP contribution in [0.3, 0.4) is 0 Å². The maximum atomic E-state index is 12.6. The standard InChI is InChI=1S/C20H22N4O/c1-15-6-4-5-7-18(15)12-20(25)23(3)16(2)17-8-10-19(11-9-17)24-14-21-13-22-24/h4-11,13-14,16H,12H2,1-3H3/t16-/m0/s1. The minimum absolute atomic E-state index is 0.00122. The van der Waals surface area contributed by atoms with Crippen LogP contribution in [-0.4, -0.2) is 32.6 Å². The van der Waals surface area contributed by atoms with Crippen molar-refractivity contribution >= 4 is 5.91 Å². The molecular formula is C20H22N4O. The van der Waals surface area contributed by atoms with E-state index in [4.69, 9.17) is 0 Å². The fraction of sp³-hybridized carbons (Fsp3) is 0.250. The third kappa shape index (κ3) is 3.76. The third-order valence-electron chi connectivity index (χ3n) is 4.64. The molecule has 3 aromatic rings. The van der Waals surface area contributed by atoms with Crippen molar-refractivity contribution in [1.82, 2.24) is 19.7 Å². The first-order valence-electron chi connectivity index (χ1n) is 8.31. The molecule has 25 heavy (non-hydrogen) atoms. The lowest BCUT2D eigenvalue weighted by Crippen LogP contribution is -2.31. The third-order valence-corrected chi connectivity index (χ3v) is 4.64. The summed E-state index contributed by atoms with van der Waals surface area (Å²) in [5.41, 5.74) is 4.26. The van der Waals surface area contributed by atoms with E-state index in [1.54, 1.807) is 15.9 Å². The number of hydrogen-bond donors (Lipinski definition) is 0. The molecule has 1 aromatic heterocycles. The number of rotatable bonds is 5. The van der Waals surface area contributed by atoms with Gasteiger partial charge in [0.15, 0.2) is 0 Å². The Morgan fingerprint density at radius 1 is 1.16 bits per heavy atom. The van der Waals surface area contributed by atoms with E-state index in [9.17, 15) is 4.79 Å². The van der Waals surface area contributed by atoms with Gasteiger partial charge in [0.2, 0.25) is 5.91 Å².